The minimum atomic E-state index is -0.820. The van der Waals surface area contributed by atoms with Gasteiger partial charge in [0.2, 0.25) is 0 Å². The van der Waals surface area contributed by atoms with Crippen molar-refractivity contribution in [3.63, 3.8) is 0 Å². The maximum absolute atomic E-state index is 12.9. The van der Waals surface area contributed by atoms with Gasteiger partial charge in [0.15, 0.2) is 0 Å². The van der Waals surface area contributed by atoms with Crippen LogP contribution in [-0.4, -0.2) is 42.1 Å². The molecule has 8 heteroatoms. The fourth-order valence-electron chi connectivity index (χ4n) is 3.30. The number of likely N-dealkylation sites (tertiary alicyclic amines) is 1. The highest BCUT2D eigenvalue weighted by Gasteiger charge is 2.29. The summed E-state index contributed by atoms with van der Waals surface area (Å²) in [5.41, 5.74) is 0.709. The van der Waals surface area contributed by atoms with E-state index in [-0.39, 0.29) is 16.5 Å². The molecule has 1 heterocycles. The van der Waals surface area contributed by atoms with Crippen molar-refractivity contribution < 1.29 is 19.4 Å². The van der Waals surface area contributed by atoms with Crippen molar-refractivity contribution in [1.82, 2.24) is 4.90 Å². The van der Waals surface area contributed by atoms with Crippen molar-refractivity contribution in [2.75, 3.05) is 20.2 Å². The van der Waals surface area contributed by atoms with E-state index in [1.165, 1.54) is 11.8 Å². The fourth-order valence-corrected chi connectivity index (χ4v) is 4.88. The molecule has 30 heavy (non-hydrogen) atoms. The molecule has 2 aromatic carbocycles. The van der Waals surface area contributed by atoms with Gasteiger partial charge in [0, 0.05) is 29.1 Å². The second-order valence-corrected chi connectivity index (χ2v) is 8.72. The van der Waals surface area contributed by atoms with Gasteiger partial charge in [0.05, 0.1) is 28.0 Å². The average molecular weight is 466 g/mol. The Kier molecular flexibility index (Phi) is 7.34. The zero-order valence-corrected chi connectivity index (χ0v) is 18.7. The molecule has 0 spiro atoms. The predicted molar refractivity (Wildman–Crippen MR) is 120 cm³/mol. The van der Waals surface area contributed by atoms with E-state index in [4.69, 9.17) is 33.0 Å². The summed E-state index contributed by atoms with van der Waals surface area (Å²) >= 11 is 14.4. The number of amides is 1. The van der Waals surface area contributed by atoms with Crippen LogP contribution in [0.4, 0.5) is 0 Å². The van der Waals surface area contributed by atoms with E-state index in [9.17, 15) is 9.59 Å². The number of rotatable bonds is 6. The van der Waals surface area contributed by atoms with Crippen LogP contribution in [0.1, 0.15) is 18.4 Å². The molecule has 1 N–H and O–H groups in total. The second kappa shape index (κ2) is 9.77. The maximum atomic E-state index is 12.9. The van der Waals surface area contributed by atoms with Gasteiger partial charge in [-0.05, 0) is 31.0 Å². The van der Waals surface area contributed by atoms with Gasteiger partial charge in [-0.15, -0.1) is 0 Å². The molecule has 1 aliphatic rings. The minimum absolute atomic E-state index is 0.240. The summed E-state index contributed by atoms with van der Waals surface area (Å²) in [4.78, 5) is 27.2. The summed E-state index contributed by atoms with van der Waals surface area (Å²) < 4.78 is 5.37. The number of hydrogen-bond acceptors (Lipinski definition) is 4. The number of carboxylic acid groups (broad SMARTS) is 1. The molecule has 0 aromatic heterocycles. The summed E-state index contributed by atoms with van der Waals surface area (Å²) in [6, 6.07) is 11.1. The Morgan fingerprint density at radius 1 is 1.10 bits per heavy atom. The van der Waals surface area contributed by atoms with E-state index in [1.807, 2.05) is 24.3 Å². The van der Waals surface area contributed by atoms with E-state index in [0.717, 1.165) is 15.5 Å². The molecule has 1 saturated heterocycles. The van der Waals surface area contributed by atoms with Crippen molar-refractivity contribution in [2.24, 2.45) is 5.92 Å². The largest absolute Gasteiger partial charge is 0.496 e. The number of halogens is 2. The van der Waals surface area contributed by atoms with Gasteiger partial charge in [-0.25, -0.2) is 0 Å². The highest BCUT2D eigenvalue weighted by atomic mass is 35.5. The zero-order valence-electron chi connectivity index (χ0n) is 16.4. The topological polar surface area (TPSA) is 66.8 Å². The number of carbonyl (C=O) groups excluding carboxylic acids is 1. The Hall–Kier alpha value is -2.15. The number of para-hydroxylation sites is 1. The number of hydrogen-bond donors (Lipinski definition) is 1. The number of carbonyl (C=O) groups is 2. The van der Waals surface area contributed by atoms with Gasteiger partial charge < -0.3 is 14.7 Å². The van der Waals surface area contributed by atoms with Crippen molar-refractivity contribution >= 4 is 52.4 Å². The van der Waals surface area contributed by atoms with E-state index in [0.29, 0.717) is 36.5 Å². The molecule has 158 valence electrons. The number of carboxylic acids is 1. The van der Waals surface area contributed by atoms with Gasteiger partial charge in [-0.1, -0.05) is 59.7 Å². The van der Waals surface area contributed by atoms with Crippen LogP contribution in [0, 0.1) is 5.92 Å². The van der Waals surface area contributed by atoms with Crippen LogP contribution in [0.2, 0.25) is 10.0 Å². The maximum Gasteiger partial charge on any atom is 0.306 e. The number of methoxy groups -OCH3 is 1. The first-order chi connectivity index (χ1) is 14.3. The van der Waals surface area contributed by atoms with Crippen molar-refractivity contribution in [3.05, 3.63) is 58.6 Å². The highest BCUT2D eigenvalue weighted by molar-refractivity contribution is 7.99. The first kappa shape index (κ1) is 22.5. The third-order valence-electron chi connectivity index (χ3n) is 5.05. The van der Waals surface area contributed by atoms with Crippen LogP contribution < -0.4 is 4.74 Å². The molecule has 5 nitrogen and oxygen atoms in total. The molecular formula is C22H21Cl2NO4S. The Morgan fingerprint density at radius 2 is 1.77 bits per heavy atom. The Morgan fingerprint density at radius 3 is 2.40 bits per heavy atom. The molecule has 1 amide bonds. The third-order valence-corrected chi connectivity index (χ3v) is 7.16. The van der Waals surface area contributed by atoms with Gasteiger partial charge >= 0.3 is 5.97 Å². The molecule has 0 aliphatic carbocycles. The molecular weight excluding hydrogens is 445 g/mol. The van der Waals surface area contributed by atoms with Crippen LogP contribution in [0.25, 0.3) is 5.57 Å². The number of nitrogens with zero attached hydrogens (tertiary/aromatic N) is 1. The molecule has 1 fully saturated rings. The lowest BCUT2D eigenvalue weighted by atomic mass is 9.96. The van der Waals surface area contributed by atoms with Gasteiger partial charge in [0.1, 0.15) is 5.75 Å². The fraction of sp³-hybridized carbons (Fsp3) is 0.273. The van der Waals surface area contributed by atoms with Crippen molar-refractivity contribution in [2.45, 2.75) is 22.6 Å². The Balaban J connectivity index is 1.77. The minimum Gasteiger partial charge on any atom is -0.496 e. The van der Waals surface area contributed by atoms with E-state index >= 15 is 0 Å². The summed E-state index contributed by atoms with van der Waals surface area (Å²) in [7, 11) is 1.60. The lowest BCUT2D eigenvalue weighted by Crippen LogP contribution is -2.40. The summed E-state index contributed by atoms with van der Waals surface area (Å²) in [5, 5.41) is 9.72. The number of benzene rings is 2. The van der Waals surface area contributed by atoms with Gasteiger partial charge in [0.25, 0.3) is 5.91 Å². The first-order valence-electron chi connectivity index (χ1n) is 9.33. The number of ether oxygens (including phenoxy) is 1. The van der Waals surface area contributed by atoms with E-state index < -0.39 is 11.9 Å². The molecule has 0 atom stereocenters. The molecule has 3 rings (SSSR count). The van der Waals surface area contributed by atoms with Crippen LogP contribution in [-0.2, 0) is 9.59 Å². The smallest absolute Gasteiger partial charge is 0.306 e. The molecule has 0 bridgehead atoms. The highest BCUT2D eigenvalue weighted by Crippen LogP contribution is 2.43. The van der Waals surface area contributed by atoms with Gasteiger partial charge in [-0.2, -0.15) is 0 Å². The lowest BCUT2D eigenvalue weighted by Gasteiger charge is -2.30. The average Bonchev–Trinajstić information content (AvgIpc) is 2.76. The summed E-state index contributed by atoms with van der Waals surface area (Å²) in [5.74, 6) is -0.768. The standard InChI is InChI=1S/C22H21Cl2NO4S/c1-13(21(26)25-11-9-14(10-12-25)22(27)28)15-7-8-18(20(24)19(15)23)30-17-6-4-3-5-16(17)29-2/h3-8,14H,1,9-12H2,2H3,(H,27,28). The van der Waals surface area contributed by atoms with Crippen molar-refractivity contribution in [1.29, 1.82) is 0 Å². The molecule has 1 aliphatic heterocycles. The predicted octanol–water partition coefficient (Wildman–Crippen LogP) is 5.49. The monoisotopic (exact) mass is 465 g/mol. The first-order valence-corrected chi connectivity index (χ1v) is 10.9. The normalized spacial score (nSPS) is 14.4. The van der Waals surface area contributed by atoms with E-state index in [2.05, 4.69) is 6.58 Å². The van der Waals surface area contributed by atoms with Crippen LogP contribution in [0.3, 0.4) is 0 Å². The molecule has 0 saturated carbocycles. The van der Waals surface area contributed by atoms with Crippen LogP contribution >= 0.6 is 35.0 Å². The van der Waals surface area contributed by atoms with Crippen LogP contribution in [0.5, 0.6) is 5.75 Å². The molecule has 0 unspecified atom stereocenters. The number of aliphatic carboxylic acids is 1. The quantitative estimate of drug-likeness (QED) is 0.571. The summed E-state index contributed by atoms with van der Waals surface area (Å²) in [6.45, 7) is 4.67. The zero-order chi connectivity index (χ0) is 21.8. The summed E-state index contributed by atoms with van der Waals surface area (Å²) in [6.07, 6.45) is 0.856. The lowest BCUT2D eigenvalue weighted by molar-refractivity contribution is -0.144. The van der Waals surface area contributed by atoms with Gasteiger partial charge in [-0.3, -0.25) is 9.59 Å². The van der Waals surface area contributed by atoms with Crippen molar-refractivity contribution in [3.8, 4) is 5.75 Å². The van der Waals surface area contributed by atoms with Crippen LogP contribution in [0.15, 0.2) is 52.8 Å². The molecule has 0 radical (unpaired) electrons. The third kappa shape index (κ3) is 4.77. The molecule has 2 aromatic rings. The Bertz CT molecular complexity index is 987. The number of piperidine rings is 1. The second-order valence-electron chi connectivity index (χ2n) is 6.88. The van der Waals surface area contributed by atoms with E-state index in [1.54, 1.807) is 24.1 Å². The Labute approximate surface area is 189 Å². The SMILES string of the molecule is C=C(C(=O)N1CCC(C(=O)O)CC1)c1ccc(Sc2ccccc2OC)c(Cl)c1Cl.